The molecule has 0 aromatic heterocycles. The van der Waals surface area contributed by atoms with Crippen LogP contribution in [0.4, 0.5) is 10.5 Å². The summed E-state index contributed by atoms with van der Waals surface area (Å²) in [7, 11) is 0. The maximum absolute atomic E-state index is 11.8. The summed E-state index contributed by atoms with van der Waals surface area (Å²) in [5.74, 6) is 0.661. The first-order valence-electron chi connectivity index (χ1n) is 9.20. The fourth-order valence-electron chi connectivity index (χ4n) is 2.19. The Kier molecular flexibility index (Phi) is 10.7. The minimum absolute atomic E-state index is 0.194. The molecule has 1 atom stereocenters. The molecule has 0 bridgehead atoms. The summed E-state index contributed by atoms with van der Waals surface area (Å²) < 4.78 is 5.54. The minimum atomic E-state index is -0.557. The van der Waals surface area contributed by atoms with Crippen LogP contribution in [0, 0.1) is 0 Å². The third-order valence-corrected chi connectivity index (χ3v) is 3.63. The standard InChI is InChI=1S/C19H33N3O3/c1-4-5-6-7-12-20-19(24)22-16-8-10-18(11-9-16)25-14-17(23)13-21-15(2)3/h8-11,15,17,21,23H,4-7,12-14H2,1-3H3,(H2,20,22,24)/t17-/m0/s1. The van der Waals surface area contributed by atoms with Crippen LogP contribution in [-0.2, 0) is 0 Å². The van der Waals surface area contributed by atoms with Crippen molar-refractivity contribution in [1.29, 1.82) is 0 Å². The van der Waals surface area contributed by atoms with E-state index in [2.05, 4.69) is 22.9 Å². The van der Waals surface area contributed by atoms with Crippen molar-refractivity contribution in [3.05, 3.63) is 24.3 Å². The van der Waals surface area contributed by atoms with E-state index >= 15 is 0 Å². The van der Waals surface area contributed by atoms with Crippen LogP contribution >= 0.6 is 0 Å². The van der Waals surface area contributed by atoms with Gasteiger partial charge in [0.2, 0.25) is 0 Å². The number of aliphatic hydroxyl groups excluding tert-OH is 1. The second-order valence-corrected chi connectivity index (χ2v) is 6.49. The number of nitrogens with one attached hydrogen (secondary N) is 3. The van der Waals surface area contributed by atoms with Crippen LogP contribution in [0.5, 0.6) is 5.75 Å². The predicted molar refractivity (Wildman–Crippen MR) is 102 cm³/mol. The Bertz CT molecular complexity index is 477. The van der Waals surface area contributed by atoms with Crippen molar-refractivity contribution in [1.82, 2.24) is 10.6 Å². The quantitative estimate of drug-likeness (QED) is 0.436. The number of ether oxygens (including phenoxy) is 1. The summed E-state index contributed by atoms with van der Waals surface area (Å²) in [6.45, 7) is 7.63. The largest absolute Gasteiger partial charge is 0.491 e. The lowest BCUT2D eigenvalue weighted by molar-refractivity contribution is 0.104. The summed E-state index contributed by atoms with van der Waals surface area (Å²) in [4.78, 5) is 11.8. The van der Waals surface area contributed by atoms with Crippen molar-refractivity contribution in [3.8, 4) is 5.75 Å². The van der Waals surface area contributed by atoms with Crippen molar-refractivity contribution < 1.29 is 14.6 Å². The van der Waals surface area contributed by atoms with E-state index in [0.29, 0.717) is 30.6 Å². The molecule has 0 saturated heterocycles. The van der Waals surface area contributed by atoms with E-state index in [1.54, 1.807) is 24.3 Å². The second-order valence-electron chi connectivity index (χ2n) is 6.49. The van der Waals surface area contributed by atoms with Gasteiger partial charge in [-0.3, -0.25) is 0 Å². The van der Waals surface area contributed by atoms with Crippen molar-refractivity contribution in [2.75, 3.05) is 25.0 Å². The Balaban J connectivity index is 2.25. The van der Waals surface area contributed by atoms with Crippen LogP contribution in [0.3, 0.4) is 0 Å². The lowest BCUT2D eigenvalue weighted by atomic mass is 10.2. The highest BCUT2D eigenvalue weighted by Gasteiger charge is 2.06. The molecule has 2 amide bonds. The third kappa shape index (κ3) is 10.6. The van der Waals surface area contributed by atoms with Gasteiger partial charge in [0.1, 0.15) is 18.5 Å². The molecule has 0 aliphatic heterocycles. The SMILES string of the molecule is CCCCCCNC(=O)Nc1ccc(OC[C@@H](O)CNC(C)C)cc1. The van der Waals surface area contributed by atoms with Gasteiger partial charge in [-0.05, 0) is 30.7 Å². The van der Waals surface area contributed by atoms with Gasteiger partial charge in [0, 0.05) is 24.8 Å². The number of unbranched alkanes of at least 4 members (excludes halogenated alkanes) is 3. The van der Waals surface area contributed by atoms with Crippen LogP contribution in [0.25, 0.3) is 0 Å². The highest BCUT2D eigenvalue weighted by Crippen LogP contribution is 2.15. The zero-order valence-corrected chi connectivity index (χ0v) is 15.7. The number of anilines is 1. The molecule has 4 N–H and O–H groups in total. The van der Waals surface area contributed by atoms with Gasteiger partial charge in [-0.2, -0.15) is 0 Å². The zero-order valence-electron chi connectivity index (χ0n) is 15.7. The maximum Gasteiger partial charge on any atom is 0.319 e. The van der Waals surface area contributed by atoms with Crippen LogP contribution in [-0.4, -0.2) is 43.0 Å². The molecule has 1 aromatic rings. The van der Waals surface area contributed by atoms with Crippen LogP contribution in [0.15, 0.2) is 24.3 Å². The molecule has 25 heavy (non-hydrogen) atoms. The van der Waals surface area contributed by atoms with Gasteiger partial charge in [0.05, 0.1) is 0 Å². The van der Waals surface area contributed by atoms with Gasteiger partial charge in [-0.25, -0.2) is 4.79 Å². The van der Waals surface area contributed by atoms with Gasteiger partial charge < -0.3 is 25.8 Å². The van der Waals surface area contributed by atoms with E-state index in [0.717, 1.165) is 12.8 Å². The van der Waals surface area contributed by atoms with Crippen LogP contribution in [0.1, 0.15) is 46.5 Å². The molecule has 0 radical (unpaired) electrons. The third-order valence-electron chi connectivity index (χ3n) is 3.63. The molecule has 0 aliphatic carbocycles. The normalized spacial score (nSPS) is 12.0. The molecule has 1 aromatic carbocycles. The molecule has 0 unspecified atom stereocenters. The molecule has 142 valence electrons. The smallest absolute Gasteiger partial charge is 0.319 e. The highest BCUT2D eigenvalue weighted by atomic mass is 16.5. The molecule has 6 heteroatoms. The average molecular weight is 351 g/mol. The molecular formula is C19H33N3O3. The number of hydrogen-bond donors (Lipinski definition) is 4. The van der Waals surface area contributed by atoms with Crippen molar-refractivity contribution in [2.24, 2.45) is 0 Å². The van der Waals surface area contributed by atoms with E-state index in [9.17, 15) is 9.90 Å². The summed E-state index contributed by atoms with van der Waals surface area (Å²) in [6.07, 6.45) is 3.97. The van der Waals surface area contributed by atoms with Gasteiger partial charge in [-0.1, -0.05) is 40.0 Å². The number of urea groups is 1. The van der Waals surface area contributed by atoms with E-state index in [1.165, 1.54) is 12.8 Å². The van der Waals surface area contributed by atoms with Gasteiger partial charge >= 0.3 is 6.03 Å². The van der Waals surface area contributed by atoms with Crippen LogP contribution in [0.2, 0.25) is 0 Å². The second kappa shape index (κ2) is 12.6. The number of benzene rings is 1. The molecule has 0 heterocycles. The Morgan fingerprint density at radius 1 is 1.16 bits per heavy atom. The topological polar surface area (TPSA) is 82.6 Å². The molecule has 6 nitrogen and oxygen atoms in total. The Hall–Kier alpha value is -1.79. The average Bonchev–Trinajstić information content (AvgIpc) is 2.59. The van der Waals surface area contributed by atoms with E-state index in [-0.39, 0.29) is 12.6 Å². The summed E-state index contributed by atoms with van der Waals surface area (Å²) >= 11 is 0. The monoisotopic (exact) mass is 351 g/mol. The Morgan fingerprint density at radius 2 is 1.88 bits per heavy atom. The Labute approximate surface area is 151 Å². The molecule has 0 fully saturated rings. The van der Waals surface area contributed by atoms with E-state index in [1.807, 2.05) is 13.8 Å². The highest BCUT2D eigenvalue weighted by molar-refractivity contribution is 5.89. The van der Waals surface area contributed by atoms with Gasteiger partial charge in [0.15, 0.2) is 0 Å². The molecule has 0 spiro atoms. The van der Waals surface area contributed by atoms with Crippen molar-refractivity contribution in [2.45, 2.75) is 58.6 Å². The van der Waals surface area contributed by atoms with Crippen molar-refractivity contribution in [3.63, 3.8) is 0 Å². The number of carbonyl (C=O) groups excluding carboxylic acids is 1. The lowest BCUT2D eigenvalue weighted by Crippen LogP contribution is -2.35. The van der Waals surface area contributed by atoms with Gasteiger partial charge in [-0.15, -0.1) is 0 Å². The lowest BCUT2D eigenvalue weighted by Gasteiger charge is -2.15. The first-order chi connectivity index (χ1) is 12.0. The number of carbonyl (C=O) groups is 1. The summed E-state index contributed by atoms with van der Waals surface area (Å²) in [6, 6.07) is 7.26. The maximum atomic E-state index is 11.8. The first kappa shape index (κ1) is 21.3. The van der Waals surface area contributed by atoms with Gasteiger partial charge in [0.25, 0.3) is 0 Å². The number of aliphatic hydroxyl groups is 1. The van der Waals surface area contributed by atoms with E-state index < -0.39 is 6.10 Å². The fourth-order valence-corrected chi connectivity index (χ4v) is 2.19. The van der Waals surface area contributed by atoms with Crippen LogP contribution < -0.4 is 20.7 Å². The minimum Gasteiger partial charge on any atom is -0.491 e. The molecular weight excluding hydrogens is 318 g/mol. The molecule has 1 rings (SSSR count). The Morgan fingerprint density at radius 3 is 2.52 bits per heavy atom. The fraction of sp³-hybridized carbons (Fsp3) is 0.632. The number of amides is 2. The zero-order chi connectivity index (χ0) is 18.5. The van der Waals surface area contributed by atoms with E-state index in [4.69, 9.17) is 4.74 Å². The first-order valence-corrected chi connectivity index (χ1v) is 9.20. The summed E-state index contributed by atoms with van der Waals surface area (Å²) in [5, 5.41) is 18.6. The van der Waals surface area contributed by atoms with Crippen molar-refractivity contribution >= 4 is 11.7 Å². The predicted octanol–water partition coefficient (Wildman–Crippen LogP) is 3.13. The number of hydrogen-bond acceptors (Lipinski definition) is 4. The number of rotatable bonds is 12. The molecule has 0 aliphatic rings. The summed E-state index contributed by atoms with van der Waals surface area (Å²) in [5.41, 5.74) is 0.709. The molecule has 0 saturated carbocycles.